The lowest BCUT2D eigenvalue weighted by Crippen LogP contribution is -2.62. The first kappa shape index (κ1) is 24.1. The van der Waals surface area contributed by atoms with E-state index in [1.807, 2.05) is 17.0 Å². The first-order valence-electron chi connectivity index (χ1n) is 12.3. The Bertz CT molecular complexity index is 1120. The highest BCUT2D eigenvalue weighted by atomic mass is 16.6. The highest BCUT2D eigenvalue weighted by Gasteiger charge is 2.42. The van der Waals surface area contributed by atoms with Crippen LogP contribution in [0.4, 0.5) is 11.4 Å². The zero-order valence-electron chi connectivity index (χ0n) is 20.0. The van der Waals surface area contributed by atoms with E-state index in [1.165, 1.54) is 6.07 Å². The maximum atomic E-state index is 13.4. The molecular weight excluding hydrogens is 464 g/mol. The molecule has 2 fully saturated rings. The Kier molecular flexibility index (Phi) is 7.10. The molecule has 0 saturated carbocycles. The van der Waals surface area contributed by atoms with E-state index in [0.717, 1.165) is 16.8 Å². The van der Waals surface area contributed by atoms with Crippen LogP contribution in [0.1, 0.15) is 11.1 Å². The van der Waals surface area contributed by atoms with Crippen LogP contribution in [0.15, 0.2) is 42.7 Å². The van der Waals surface area contributed by atoms with Crippen molar-refractivity contribution in [1.82, 2.24) is 20.1 Å². The third-order valence-electron chi connectivity index (χ3n) is 7.24. The summed E-state index contributed by atoms with van der Waals surface area (Å²) in [6, 6.07) is 8.48. The van der Waals surface area contributed by atoms with E-state index >= 15 is 0 Å². The number of anilines is 1. The number of pyridine rings is 1. The number of aromatic nitrogens is 1. The first-order valence-corrected chi connectivity index (χ1v) is 12.3. The lowest BCUT2D eigenvalue weighted by Gasteiger charge is -2.49. The molecule has 2 amide bonds. The Morgan fingerprint density at radius 1 is 1.17 bits per heavy atom. The number of morpholine rings is 1. The van der Waals surface area contributed by atoms with Gasteiger partial charge in [0.1, 0.15) is 0 Å². The van der Waals surface area contributed by atoms with E-state index in [2.05, 4.69) is 20.1 Å². The van der Waals surface area contributed by atoms with E-state index in [4.69, 9.17) is 4.74 Å². The minimum Gasteiger partial charge on any atom is -0.378 e. The molecule has 4 heterocycles. The molecule has 5 rings (SSSR count). The predicted molar refractivity (Wildman–Crippen MR) is 131 cm³/mol. The van der Waals surface area contributed by atoms with Crippen LogP contribution in [0.3, 0.4) is 0 Å². The molecule has 3 aliphatic heterocycles. The minimum absolute atomic E-state index is 0.0245. The second-order valence-corrected chi connectivity index (χ2v) is 9.45. The van der Waals surface area contributed by atoms with Gasteiger partial charge in [0.2, 0.25) is 11.8 Å². The SMILES string of the molecule is O=C(NCc1cccnc1)[C@H]1Cc2cc([N+](=O)[O-])ccc2N2CCN(CC(=O)N3CCOCC3)C[C@@H]12. The summed E-state index contributed by atoms with van der Waals surface area (Å²) in [5, 5.41) is 14.4. The fourth-order valence-electron chi connectivity index (χ4n) is 5.35. The molecule has 0 aliphatic carbocycles. The number of hydrogen-bond acceptors (Lipinski definition) is 8. The zero-order valence-corrected chi connectivity index (χ0v) is 20.0. The number of hydrogen-bond donors (Lipinski definition) is 1. The number of nitrogens with zero attached hydrogens (tertiary/aromatic N) is 5. The zero-order chi connectivity index (χ0) is 25.1. The van der Waals surface area contributed by atoms with Crippen molar-refractivity contribution in [2.45, 2.75) is 19.0 Å². The van der Waals surface area contributed by atoms with Crippen LogP contribution >= 0.6 is 0 Å². The summed E-state index contributed by atoms with van der Waals surface area (Å²) in [4.78, 5) is 47.5. The van der Waals surface area contributed by atoms with Gasteiger partial charge in [-0.15, -0.1) is 0 Å². The number of carbonyl (C=O) groups is 2. The summed E-state index contributed by atoms with van der Waals surface area (Å²) in [6.45, 7) is 4.87. The number of piperazine rings is 1. The number of non-ortho nitro benzene ring substituents is 1. The minimum atomic E-state index is -0.405. The van der Waals surface area contributed by atoms with Crippen LogP contribution in [-0.2, 0) is 27.3 Å². The number of fused-ring (bicyclic) bond motifs is 3. The van der Waals surface area contributed by atoms with Crippen LogP contribution in [-0.4, -0.2) is 90.0 Å². The van der Waals surface area contributed by atoms with Crippen LogP contribution in [0, 0.1) is 16.0 Å². The van der Waals surface area contributed by atoms with Crippen LogP contribution in [0.5, 0.6) is 0 Å². The normalized spacial score (nSPS) is 21.9. The summed E-state index contributed by atoms with van der Waals surface area (Å²) in [7, 11) is 0. The number of benzene rings is 1. The Morgan fingerprint density at radius 3 is 2.75 bits per heavy atom. The smallest absolute Gasteiger partial charge is 0.269 e. The lowest BCUT2D eigenvalue weighted by molar-refractivity contribution is -0.384. The maximum absolute atomic E-state index is 13.4. The number of ether oxygens (including phenoxy) is 1. The highest BCUT2D eigenvalue weighted by molar-refractivity contribution is 5.82. The van der Waals surface area contributed by atoms with Crippen LogP contribution in [0.25, 0.3) is 0 Å². The monoisotopic (exact) mass is 494 g/mol. The molecule has 1 aromatic carbocycles. The van der Waals surface area contributed by atoms with Crippen molar-refractivity contribution < 1.29 is 19.2 Å². The van der Waals surface area contributed by atoms with Crippen molar-refractivity contribution in [3.05, 3.63) is 64.0 Å². The molecule has 2 saturated heterocycles. The largest absolute Gasteiger partial charge is 0.378 e. The third kappa shape index (κ3) is 5.17. The number of nitro groups is 1. The Labute approximate surface area is 209 Å². The molecule has 0 bridgehead atoms. The predicted octanol–water partition coefficient (Wildman–Crippen LogP) is 0.828. The number of nitro benzene ring substituents is 1. The number of carbonyl (C=O) groups excluding carboxylic acids is 2. The van der Waals surface area contributed by atoms with Gasteiger partial charge >= 0.3 is 0 Å². The van der Waals surface area contributed by atoms with Crippen molar-refractivity contribution in [2.75, 3.05) is 57.4 Å². The van der Waals surface area contributed by atoms with Gasteiger partial charge in [-0.05, 0) is 29.7 Å². The van der Waals surface area contributed by atoms with Crippen LogP contribution in [0.2, 0.25) is 0 Å². The molecule has 2 atom stereocenters. The molecule has 1 aromatic heterocycles. The second-order valence-electron chi connectivity index (χ2n) is 9.45. The van der Waals surface area contributed by atoms with Crippen molar-refractivity contribution in [1.29, 1.82) is 0 Å². The van der Waals surface area contributed by atoms with Crippen molar-refractivity contribution in [3.63, 3.8) is 0 Å². The fraction of sp³-hybridized carbons (Fsp3) is 0.480. The van der Waals surface area contributed by atoms with E-state index in [1.54, 1.807) is 24.5 Å². The highest BCUT2D eigenvalue weighted by Crippen LogP contribution is 2.38. The molecule has 11 nitrogen and oxygen atoms in total. The summed E-state index contributed by atoms with van der Waals surface area (Å²) < 4.78 is 5.36. The Hall–Kier alpha value is -3.57. The van der Waals surface area contributed by atoms with Crippen molar-refractivity contribution in [3.8, 4) is 0 Å². The second kappa shape index (κ2) is 10.6. The van der Waals surface area contributed by atoms with Gasteiger partial charge in [-0.1, -0.05) is 6.07 Å². The van der Waals surface area contributed by atoms with E-state index in [9.17, 15) is 19.7 Å². The van der Waals surface area contributed by atoms with Crippen molar-refractivity contribution in [2.24, 2.45) is 5.92 Å². The summed E-state index contributed by atoms with van der Waals surface area (Å²) in [6.07, 6.45) is 3.80. The Morgan fingerprint density at radius 2 is 2.00 bits per heavy atom. The standard InChI is InChI=1S/C25H30N6O5/c32-24(29-8-10-36-11-9-29)17-28-6-7-30-22-4-3-20(31(34)35)12-19(22)13-21(23(30)16-28)25(33)27-15-18-2-1-5-26-14-18/h1-5,12,14,21,23H,6-11,13,15-17H2,(H,27,33)/t21-,23-/m0/s1. The number of nitrogens with one attached hydrogen (secondary N) is 1. The molecule has 2 aromatic rings. The van der Waals surface area contributed by atoms with Gasteiger partial charge in [-0.2, -0.15) is 0 Å². The molecule has 3 aliphatic rings. The quantitative estimate of drug-likeness (QED) is 0.463. The van der Waals surface area contributed by atoms with Gasteiger partial charge in [-0.25, -0.2) is 0 Å². The average Bonchev–Trinajstić information content (AvgIpc) is 2.91. The molecule has 0 radical (unpaired) electrons. The van der Waals surface area contributed by atoms with E-state index in [0.29, 0.717) is 65.4 Å². The topological polar surface area (TPSA) is 121 Å². The van der Waals surface area contributed by atoms with Crippen LogP contribution < -0.4 is 10.2 Å². The number of amides is 2. The lowest BCUT2D eigenvalue weighted by atomic mass is 9.83. The van der Waals surface area contributed by atoms with E-state index in [-0.39, 0.29) is 23.5 Å². The van der Waals surface area contributed by atoms with Gasteiger partial charge in [0.05, 0.1) is 36.6 Å². The van der Waals surface area contributed by atoms with Gasteiger partial charge in [0.25, 0.3) is 5.69 Å². The van der Waals surface area contributed by atoms with Gasteiger partial charge in [0, 0.05) is 69.5 Å². The molecule has 11 heteroatoms. The molecule has 0 spiro atoms. The fourth-order valence-corrected chi connectivity index (χ4v) is 5.35. The molecule has 0 unspecified atom stereocenters. The maximum Gasteiger partial charge on any atom is 0.269 e. The van der Waals surface area contributed by atoms with Gasteiger partial charge in [-0.3, -0.25) is 29.6 Å². The Balaban J connectivity index is 1.35. The van der Waals surface area contributed by atoms with Gasteiger partial charge < -0.3 is 19.9 Å². The molecule has 36 heavy (non-hydrogen) atoms. The molecule has 1 N–H and O–H groups in total. The molecule has 190 valence electrons. The first-order chi connectivity index (χ1) is 17.5. The number of rotatable bonds is 6. The van der Waals surface area contributed by atoms with Crippen molar-refractivity contribution >= 4 is 23.2 Å². The van der Waals surface area contributed by atoms with Gasteiger partial charge in [0.15, 0.2) is 0 Å². The third-order valence-corrected chi connectivity index (χ3v) is 7.24. The average molecular weight is 495 g/mol. The summed E-state index contributed by atoms with van der Waals surface area (Å²) in [5.74, 6) is -0.430. The van der Waals surface area contributed by atoms with E-state index < -0.39 is 10.8 Å². The summed E-state index contributed by atoms with van der Waals surface area (Å²) >= 11 is 0. The summed E-state index contributed by atoms with van der Waals surface area (Å²) in [5.41, 5.74) is 2.66. The molecular formula is C25H30N6O5.